The highest BCUT2D eigenvalue weighted by molar-refractivity contribution is 5.91. The van der Waals surface area contributed by atoms with Crippen molar-refractivity contribution in [3.8, 4) is 17.2 Å². The molecule has 1 saturated carbocycles. The molecule has 3 rings (SSSR count). The Labute approximate surface area is 222 Å². The summed E-state index contributed by atoms with van der Waals surface area (Å²) in [6, 6.07) is 11.2. The van der Waals surface area contributed by atoms with Crippen LogP contribution in [0.3, 0.4) is 0 Å². The molecule has 0 aliphatic heterocycles. The maximum absolute atomic E-state index is 14.4. The van der Waals surface area contributed by atoms with Crippen LogP contribution in [0.25, 0.3) is 0 Å². The molecule has 5 heteroatoms. The largest absolute Gasteiger partial charge is 0.494 e. The van der Waals surface area contributed by atoms with E-state index in [4.69, 9.17) is 14.2 Å². The van der Waals surface area contributed by atoms with Crippen molar-refractivity contribution in [1.82, 2.24) is 0 Å². The van der Waals surface area contributed by atoms with Gasteiger partial charge in [-0.25, -0.2) is 9.18 Å². The molecule has 0 heterocycles. The van der Waals surface area contributed by atoms with Gasteiger partial charge in [-0.3, -0.25) is 0 Å². The van der Waals surface area contributed by atoms with Crippen molar-refractivity contribution in [3.63, 3.8) is 0 Å². The summed E-state index contributed by atoms with van der Waals surface area (Å²) in [5.74, 6) is 1.96. The molecule has 1 aliphatic rings. The van der Waals surface area contributed by atoms with Crippen LogP contribution >= 0.6 is 0 Å². The van der Waals surface area contributed by atoms with E-state index in [2.05, 4.69) is 13.8 Å². The van der Waals surface area contributed by atoms with Gasteiger partial charge in [-0.2, -0.15) is 0 Å². The van der Waals surface area contributed by atoms with Crippen molar-refractivity contribution < 1.29 is 23.4 Å². The molecular formula is C32H45FO4. The van der Waals surface area contributed by atoms with E-state index in [-0.39, 0.29) is 11.3 Å². The van der Waals surface area contributed by atoms with E-state index in [1.807, 2.05) is 0 Å². The van der Waals surface area contributed by atoms with Gasteiger partial charge in [0.1, 0.15) is 11.5 Å². The number of halogens is 1. The molecule has 0 unspecified atom stereocenters. The van der Waals surface area contributed by atoms with E-state index in [0.717, 1.165) is 36.8 Å². The van der Waals surface area contributed by atoms with Gasteiger partial charge in [-0.15, -0.1) is 0 Å². The summed E-state index contributed by atoms with van der Waals surface area (Å²) in [6.07, 6.45) is 16.0. The van der Waals surface area contributed by atoms with Crippen molar-refractivity contribution in [2.24, 2.45) is 11.8 Å². The third-order valence-corrected chi connectivity index (χ3v) is 7.40. The second kappa shape index (κ2) is 16.3. The first-order valence-electron chi connectivity index (χ1n) is 14.5. The van der Waals surface area contributed by atoms with E-state index in [9.17, 15) is 9.18 Å². The molecule has 1 fully saturated rings. The quantitative estimate of drug-likeness (QED) is 0.128. The molecule has 0 spiro atoms. The third-order valence-electron chi connectivity index (χ3n) is 7.40. The van der Waals surface area contributed by atoms with Crippen molar-refractivity contribution in [2.45, 2.75) is 97.3 Å². The highest BCUT2D eigenvalue weighted by Crippen LogP contribution is 2.33. The van der Waals surface area contributed by atoms with Gasteiger partial charge in [0.2, 0.25) is 0 Å². The van der Waals surface area contributed by atoms with Crippen molar-refractivity contribution in [3.05, 3.63) is 53.8 Å². The first-order valence-corrected chi connectivity index (χ1v) is 14.5. The lowest BCUT2D eigenvalue weighted by atomic mass is 9.78. The van der Waals surface area contributed by atoms with E-state index in [1.165, 1.54) is 82.4 Å². The zero-order valence-corrected chi connectivity index (χ0v) is 22.8. The Balaban J connectivity index is 1.35. The van der Waals surface area contributed by atoms with Crippen LogP contribution in [0, 0.1) is 17.7 Å². The van der Waals surface area contributed by atoms with Crippen LogP contribution in [-0.2, 0) is 0 Å². The van der Waals surface area contributed by atoms with Crippen LogP contribution in [0.4, 0.5) is 4.39 Å². The van der Waals surface area contributed by atoms with E-state index >= 15 is 0 Å². The van der Waals surface area contributed by atoms with Crippen LogP contribution < -0.4 is 14.2 Å². The number of benzene rings is 2. The fourth-order valence-corrected chi connectivity index (χ4v) is 5.18. The zero-order valence-electron chi connectivity index (χ0n) is 22.8. The number of ether oxygens (including phenoxy) is 3. The first-order chi connectivity index (χ1) is 18.1. The fraction of sp³-hybridized carbons (Fsp3) is 0.594. The molecule has 0 amide bonds. The van der Waals surface area contributed by atoms with E-state index < -0.39 is 11.8 Å². The molecule has 37 heavy (non-hydrogen) atoms. The number of esters is 1. The number of unbranched alkanes of at least 4 members (excludes halogenated alkanes) is 4. The molecule has 0 N–H and O–H groups in total. The first kappa shape index (κ1) is 29.0. The molecular weight excluding hydrogens is 467 g/mol. The Bertz CT molecular complexity index is 919. The molecule has 2 aromatic rings. The number of rotatable bonds is 16. The molecule has 0 radical (unpaired) electrons. The van der Waals surface area contributed by atoms with Gasteiger partial charge in [0.05, 0.1) is 18.8 Å². The van der Waals surface area contributed by atoms with Crippen molar-refractivity contribution >= 4 is 5.97 Å². The predicted octanol–water partition coefficient (Wildman–Crippen LogP) is 9.16. The topological polar surface area (TPSA) is 44.8 Å². The Hall–Kier alpha value is -2.56. The van der Waals surface area contributed by atoms with E-state index in [0.29, 0.717) is 19.0 Å². The summed E-state index contributed by atoms with van der Waals surface area (Å²) in [4.78, 5) is 12.5. The molecule has 204 valence electrons. The lowest BCUT2D eigenvalue weighted by molar-refractivity contribution is 0.0734. The summed E-state index contributed by atoms with van der Waals surface area (Å²) < 4.78 is 31.2. The zero-order chi connectivity index (χ0) is 26.3. The van der Waals surface area contributed by atoms with Gasteiger partial charge in [-0.1, -0.05) is 78.1 Å². The summed E-state index contributed by atoms with van der Waals surface area (Å²) >= 11 is 0. The molecule has 2 aromatic carbocycles. The lowest BCUT2D eigenvalue weighted by Gasteiger charge is -2.28. The smallest absolute Gasteiger partial charge is 0.343 e. The molecule has 4 nitrogen and oxygen atoms in total. The Morgan fingerprint density at radius 2 is 1.41 bits per heavy atom. The van der Waals surface area contributed by atoms with Crippen molar-refractivity contribution in [1.29, 1.82) is 0 Å². The molecule has 0 saturated heterocycles. The van der Waals surface area contributed by atoms with Crippen LogP contribution in [-0.4, -0.2) is 19.2 Å². The fourth-order valence-electron chi connectivity index (χ4n) is 5.18. The van der Waals surface area contributed by atoms with Gasteiger partial charge in [0.25, 0.3) is 0 Å². The maximum Gasteiger partial charge on any atom is 0.343 e. The average molecular weight is 513 g/mol. The molecule has 0 atom stereocenters. The van der Waals surface area contributed by atoms with Gasteiger partial charge >= 0.3 is 5.97 Å². The van der Waals surface area contributed by atoms with Crippen LogP contribution in [0.1, 0.15) is 108 Å². The summed E-state index contributed by atoms with van der Waals surface area (Å²) in [5, 5.41) is 0. The normalized spacial score (nSPS) is 17.4. The van der Waals surface area contributed by atoms with E-state index in [1.54, 1.807) is 24.3 Å². The summed E-state index contributed by atoms with van der Waals surface area (Å²) in [7, 11) is 0. The lowest BCUT2D eigenvalue weighted by Crippen LogP contribution is -2.15. The third kappa shape index (κ3) is 10.4. The summed E-state index contributed by atoms with van der Waals surface area (Å²) in [5.41, 5.74) is 0.150. The SMILES string of the molecule is CCCCCCCOc1ccc(C(=O)Oc2ccc(OCCC[C@H]3CC[C@H](CCC)CC3)cc2)cc1F. The van der Waals surface area contributed by atoms with Crippen LogP contribution in [0.15, 0.2) is 42.5 Å². The Morgan fingerprint density at radius 3 is 2.08 bits per heavy atom. The molecule has 1 aliphatic carbocycles. The van der Waals surface area contributed by atoms with Crippen LogP contribution in [0.2, 0.25) is 0 Å². The Morgan fingerprint density at radius 1 is 0.757 bits per heavy atom. The average Bonchev–Trinajstić information content (AvgIpc) is 2.91. The van der Waals surface area contributed by atoms with Gasteiger partial charge in [0.15, 0.2) is 11.6 Å². The number of carbonyl (C=O) groups is 1. The monoisotopic (exact) mass is 512 g/mol. The van der Waals surface area contributed by atoms with Crippen molar-refractivity contribution in [2.75, 3.05) is 13.2 Å². The second-order valence-electron chi connectivity index (χ2n) is 10.4. The number of carbonyl (C=O) groups excluding carboxylic acids is 1. The van der Waals surface area contributed by atoms with Gasteiger partial charge < -0.3 is 14.2 Å². The van der Waals surface area contributed by atoms with Crippen LogP contribution in [0.5, 0.6) is 17.2 Å². The molecule has 0 aromatic heterocycles. The summed E-state index contributed by atoms with van der Waals surface area (Å²) in [6.45, 7) is 5.62. The minimum Gasteiger partial charge on any atom is -0.494 e. The number of hydrogen-bond donors (Lipinski definition) is 0. The van der Waals surface area contributed by atoms with Gasteiger partial charge in [0, 0.05) is 0 Å². The Kier molecular flexibility index (Phi) is 12.8. The predicted molar refractivity (Wildman–Crippen MR) is 147 cm³/mol. The molecule has 0 bridgehead atoms. The maximum atomic E-state index is 14.4. The second-order valence-corrected chi connectivity index (χ2v) is 10.4. The number of hydrogen-bond acceptors (Lipinski definition) is 4. The minimum absolute atomic E-state index is 0.150. The highest BCUT2D eigenvalue weighted by Gasteiger charge is 2.20. The highest BCUT2D eigenvalue weighted by atomic mass is 19.1. The minimum atomic E-state index is -0.604. The van der Waals surface area contributed by atoms with Gasteiger partial charge in [-0.05, 0) is 73.6 Å². The standard InChI is InChI=1S/C32H45FO4/c1-3-5-6-7-8-22-36-31-21-16-27(24-30(31)33)32(34)37-29-19-17-28(18-20-29)35-23-9-11-26-14-12-25(10-4-2)13-15-26/h16-21,24-26H,3-15,22-23H2,1-2H3/t25-,26-.